The summed E-state index contributed by atoms with van der Waals surface area (Å²) in [7, 11) is 0. The van der Waals surface area contributed by atoms with Crippen LogP contribution in [0.5, 0.6) is 0 Å². The molecule has 0 spiro atoms. The van der Waals surface area contributed by atoms with E-state index >= 15 is 0 Å². The zero-order valence-electron chi connectivity index (χ0n) is 20.5. The van der Waals surface area contributed by atoms with Crippen molar-refractivity contribution in [2.24, 2.45) is 22.7 Å². The quantitative estimate of drug-likeness (QED) is 0.319. The Balaban J connectivity index is 2.38. The monoisotopic (exact) mass is 483 g/mol. The molecular formula is C25H41NO6S. The minimum atomic E-state index is -1.47. The summed E-state index contributed by atoms with van der Waals surface area (Å²) in [6.45, 7) is 13.4. The Morgan fingerprint density at radius 3 is 2.39 bits per heavy atom. The van der Waals surface area contributed by atoms with Crippen molar-refractivity contribution in [2.45, 2.75) is 84.2 Å². The van der Waals surface area contributed by atoms with Gasteiger partial charge in [-0.1, -0.05) is 45.1 Å². The summed E-state index contributed by atoms with van der Waals surface area (Å²) in [5.41, 5.74) is -1.12. The fraction of sp³-hybridized carbons (Fsp3) is 0.760. The van der Waals surface area contributed by atoms with E-state index in [-0.39, 0.29) is 28.8 Å². The van der Waals surface area contributed by atoms with Crippen LogP contribution in [0.4, 0.5) is 0 Å². The molecule has 0 unspecified atom stereocenters. The standard InChI is InChI=1S/C25H41NO6S/c1-7-15(2)8-9-19-24(6)12-17(28)11-23(4,5)20(24)10-21(29)25(19,32)14-33-13-18(22(30)31)26-16(3)27/h7-8,17-21,28-29,32H,1,9-14H2,2-6H3,(H,26,27)(H,30,31)/b15-8+/t17-,18-,19+,20-,21-,24+,25+/m0/s1. The number of rotatable bonds is 9. The van der Waals surface area contributed by atoms with E-state index < -0.39 is 41.1 Å². The predicted octanol–water partition coefficient (Wildman–Crippen LogP) is 2.75. The fourth-order valence-corrected chi connectivity index (χ4v) is 7.69. The second kappa shape index (κ2) is 10.5. The number of hydrogen-bond acceptors (Lipinski definition) is 6. The fourth-order valence-electron chi connectivity index (χ4n) is 6.39. The van der Waals surface area contributed by atoms with Crippen molar-refractivity contribution in [1.29, 1.82) is 0 Å². The first-order valence-corrected chi connectivity index (χ1v) is 12.8. The average molecular weight is 484 g/mol. The topological polar surface area (TPSA) is 127 Å². The molecule has 0 aliphatic heterocycles. The Morgan fingerprint density at radius 1 is 1.21 bits per heavy atom. The molecule has 8 heteroatoms. The SMILES string of the molecule is C=C/C(C)=C/C[C@@H]1[C@@]2(C)C[C@@H](O)CC(C)(C)[C@@H]2C[C@H](O)[C@@]1(O)CSC[C@H](NC(C)=O)C(=O)O. The first kappa shape index (κ1) is 27.9. The van der Waals surface area contributed by atoms with E-state index in [1.54, 1.807) is 6.08 Å². The zero-order chi connectivity index (χ0) is 25.2. The van der Waals surface area contributed by atoms with E-state index in [4.69, 9.17) is 0 Å². The van der Waals surface area contributed by atoms with Gasteiger partial charge in [0.2, 0.25) is 5.91 Å². The number of aliphatic carboxylic acids is 1. The number of carbonyl (C=O) groups excluding carboxylic acids is 1. The van der Waals surface area contributed by atoms with Gasteiger partial charge in [-0.05, 0) is 49.4 Å². The Morgan fingerprint density at radius 2 is 1.85 bits per heavy atom. The Kier molecular flexibility index (Phi) is 8.88. The predicted molar refractivity (Wildman–Crippen MR) is 131 cm³/mol. The van der Waals surface area contributed by atoms with Gasteiger partial charge in [0, 0.05) is 24.3 Å². The number of thioether (sulfide) groups is 1. The van der Waals surface area contributed by atoms with Crippen LogP contribution in [0.2, 0.25) is 0 Å². The van der Waals surface area contributed by atoms with Crippen molar-refractivity contribution in [2.75, 3.05) is 11.5 Å². The molecule has 2 aliphatic rings. The van der Waals surface area contributed by atoms with Crippen LogP contribution in [-0.2, 0) is 9.59 Å². The number of allylic oxidation sites excluding steroid dienone is 3. The first-order chi connectivity index (χ1) is 15.2. The molecule has 0 radical (unpaired) electrons. The van der Waals surface area contributed by atoms with E-state index in [1.807, 2.05) is 13.0 Å². The molecule has 1 amide bonds. The van der Waals surface area contributed by atoms with Gasteiger partial charge in [-0.25, -0.2) is 4.79 Å². The molecule has 0 saturated heterocycles. The van der Waals surface area contributed by atoms with Gasteiger partial charge >= 0.3 is 5.97 Å². The minimum absolute atomic E-state index is 0.0758. The highest BCUT2D eigenvalue weighted by atomic mass is 32.2. The lowest BCUT2D eigenvalue weighted by Gasteiger charge is -2.63. The van der Waals surface area contributed by atoms with Crippen LogP contribution in [0.25, 0.3) is 0 Å². The maximum absolute atomic E-state index is 11.9. The zero-order valence-corrected chi connectivity index (χ0v) is 21.3. The van der Waals surface area contributed by atoms with Gasteiger partial charge in [0.15, 0.2) is 0 Å². The lowest BCUT2D eigenvalue weighted by Crippen LogP contribution is -2.67. The van der Waals surface area contributed by atoms with Crippen LogP contribution >= 0.6 is 11.8 Å². The van der Waals surface area contributed by atoms with Crippen molar-refractivity contribution >= 4 is 23.6 Å². The third-order valence-corrected chi connectivity index (χ3v) is 9.14. The number of carbonyl (C=O) groups is 2. The minimum Gasteiger partial charge on any atom is -0.480 e. The van der Waals surface area contributed by atoms with Crippen LogP contribution in [0.3, 0.4) is 0 Å². The maximum atomic E-state index is 11.9. The third kappa shape index (κ3) is 6.02. The molecule has 0 heterocycles. The van der Waals surface area contributed by atoms with Crippen molar-refractivity contribution in [1.82, 2.24) is 5.32 Å². The molecule has 7 atom stereocenters. The van der Waals surface area contributed by atoms with Gasteiger partial charge in [-0.15, -0.1) is 0 Å². The van der Waals surface area contributed by atoms with Crippen LogP contribution < -0.4 is 5.32 Å². The van der Waals surface area contributed by atoms with Crippen LogP contribution in [0, 0.1) is 22.7 Å². The van der Waals surface area contributed by atoms with E-state index in [0.717, 1.165) is 5.57 Å². The summed E-state index contributed by atoms with van der Waals surface area (Å²) in [4.78, 5) is 22.8. The number of aliphatic hydroxyl groups excluding tert-OH is 2. The third-order valence-electron chi connectivity index (χ3n) is 7.90. The van der Waals surface area contributed by atoms with Gasteiger partial charge in [0.25, 0.3) is 0 Å². The van der Waals surface area contributed by atoms with Crippen molar-refractivity contribution in [3.8, 4) is 0 Å². The summed E-state index contributed by atoms with van der Waals surface area (Å²) >= 11 is 1.21. The second-order valence-corrected chi connectivity index (χ2v) is 11.9. The molecule has 188 valence electrons. The van der Waals surface area contributed by atoms with Gasteiger partial charge in [0.05, 0.1) is 12.2 Å². The molecule has 7 nitrogen and oxygen atoms in total. The summed E-state index contributed by atoms with van der Waals surface area (Å²) < 4.78 is 0. The lowest BCUT2D eigenvalue weighted by molar-refractivity contribution is -0.228. The first-order valence-electron chi connectivity index (χ1n) is 11.6. The Hall–Kier alpha value is -1.35. The second-order valence-electron chi connectivity index (χ2n) is 10.9. The Labute approximate surface area is 201 Å². The largest absolute Gasteiger partial charge is 0.480 e. The normalized spacial score (nSPS) is 37.0. The summed E-state index contributed by atoms with van der Waals surface area (Å²) in [6.07, 6.45) is 4.41. The molecule has 2 aliphatic carbocycles. The van der Waals surface area contributed by atoms with Crippen LogP contribution in [-0.4, -0.2) is 67.7 Å². The van der Waals surface area contributed by atoms with E-state index in [0.29, 0.717) is 25.7 Å². The number of aliphatic hydroxyl groups is 3. The summed E-state index contributed by atoms with van der Waals surface area (Å²) in [5.74, 6) is -1.61. The lowest BCUT2D eigenvalue weighted by atomic mass is 9.44. The molecule has 5 N–H and O–H groups in total. The Bertz CT molecular complexity index is 783. The highest BCUT2D eigenvalue weighted by molar-refractivity contribution is 7.99. The number of carboxylic acids is 1. The van der Waals surface area contributed by atoms with E-state index in [2.05, 4.69) is 32.7 Å². The number of carboxylic acid groups (broad SMARTS) is 1. The smallest absolute Gasteiger partial charge is 0.327 e. The highest BCUT2D eigenvalue weighted by Gasteiger charge is 2.63. The molecule has 2 rings (SSSR count). The molecule has 33 heavy (non-hydrogen) atoms. The van der Waals surface area contributed by atoms with Gasteiger partial charge < -0.3 is 25.7 Å². The molecule has 2 fully saturated rings. The number of amides is 1. The number of nitrogens with one attached hydrogen (secondary N) is 1. The maximum Gasteiger partial charge on any atom is 0.327 e. The van der Waals surface area contributed by atoms with Crippen LogP contribution in [0.15, 0.2) is 24.3 Å². The van der Waals surface area contributed by atoms with E-state index in [1.165, 1.54) is 18.7 Å². The highest BCUT2D eigenvalue weighted by Crippen LogP contribution is 2.63. The molecule has 0 aromatic carbocycles. The summed E-state index contributed by atoms with van der Waals surface area (Å²) in [6, 6.07) is -1.07. The van der Waals surface area contributed by atoms with Gasteiger partial charge in [-0.3, -0.25) is 4.79 Å². The van der Waals surface area contributed by atoms with E-state index in [9.17, 15) is 30.0 Å². The molecule has 2 saturated carbocycles. The van der Waals surface area contributed by atoms with Crippen LogP contribution in [0.1, 0.15) is 60.3 Å². The summed E-state index contributed by atoms with van der Waals surface area (Å²) in [5, 5.41) is 45.7. The number of hydrogen-bond donors (Lipinski definition) is 5. The number of fused-ring (bicyclic) bond motifs is 1. The van der Waals surface area contributed by atoms with Crippen molar-refractivity contribution in [3.05, 3.63) is 24.3 Å². The van der Waals surface area contributed by atoms with Crippen molar-refractivity contribution in [3.63, 3.8) is 0 Å². The molecule has 0 bridgehead atoms. The molecular weight excluding hydrogens is 442 g/mol. The average Bonchev–Trinajstić information content (AvgIpc) is 2.67. The molecule has 0 aromatic heterocycles. The van der Waals surface area contributed by atoms with Crippen molar-refractivity contribution < 1.29 is 30.0 Å². The van der Waals surface area contributed by atoms with Gasteiger partial charge in [0.1, 0.15) is 11.6 Å². The van der Waals surface area contributed by atoms with Gasteiger partial charge in [-0.2, -0.15) is 11.8 Å². The molecule has 0 aromatic rings.